The van der Waals surface area contributed by atoms with E-state index in [0.717, 1.165) is 47.1 Å². The lowest BCUT2D eigenvalue weighted by Gasteiger charge is -2.14. The topological polar surface area (TPSA) is 87.5 Å². The van der Waals surface area contributed by atoms with Crippen LogP contribution in [0.15, 0.2) is 42.2 Å². The summed E-state index contributed by atoms with van der Waals surface area (Å²) >= 11 is 0. The number of nitrogens with zero attached hydrogens (tertiary/aromatic N) is 3. The number of amides is 2. The molecule has 25 heavy (non-hydrogen) atoms. The predicted molar refractivity (Wildman–Crippen MR) is 91.5 cm³/mol. The van der Waals surface area contributed by atoms with Gasteiger partial charge in [-0.2, -0.15) is 0 Å². The van der Waals surface area contributed by atoms with E-state index < -0.39 is 11.8 Å². The van der Waals surface area contributed by atoms with Crippen LogP contribution >= 0.6 is 0 Å². The van der Waals surface area contributed by atoms with E-state index in [1.165, 1.54) is 6.08 Å². The van der Waals surface area contributed by atoms with Crippen molar-refractivity contribution in [2.24, 2.45) is 0 Å². The highest BCUT2D eigenvalue weighted by Gasteiger charge is 2.30. The van der Waals surface area contributed by atoms with Gasteiger partial charge in [0.25, 0.3) is 11.8 Å². The first-order valence-corrected chi connectivity index (χ1v) is 8.27. The second kappa shape index (κ2) is 6.18. The Balaban J connectivity index is 1.58. The van der Waals surface area contributed by atoms with Gasteiger partial charge in [0.05, 0.1) is 25.0 Å². The molecule has 2 amide bonds. The van der Waals surface area contributed by atoms with Crippen molar-refractivity contribution in [1.29, 1.82) is 0 Å². The van der Waals surface area contributed by atoms with Crippen molar-refractivity contribution in [2.45, 2.75) is 19.4 Å². The molecular formula is C18H18N4O3. The molecule has 0 aliphatic carbocycles. The van der Waals surface area contributed by atoms with Gasteiger partial charge in [0.15, 0.2) is 0 Å². The van der Waals surface area contributed by atoms with Gasteiger partial charge < -0.3 is 15.0 Å². The molecule has 1 aromatic carbocycles. The minimum atomic E-state index is -0.422. The zero-order chi connectivity index (χ0) is 17.4. The van der Waals surface area contributed by atoms with Gasteiger partial charge in [-0.15, -0.1) is 0 Å². The van der Waals surface area contributed by atoms with Crippen LogP contribution in [-0.4, -0.2) is 44.5 Å². The number of rotatable bonds is 5. The Morgan fingerprint density at radius 1 is 1.28 bits per heavy atom. The molecule has 0 spiro atoms. The van der Waals surface area contributed by atoms with E-state index in [-0.39, 0.29) is 18.8 Å². The second-order valence-corrected chi connectivity index (χ2v) is 6.10. The van der Waals surface area contributed by atoms with Crippen molar-refractivity contribution in [1.82, 2.24) is 14.5 Å². The van der Waals surface area contributed by atoms with Crippen LogP contribution in [0.2, 0.25) is 0 Å². The quantitative estimate of drug-likeness (QED) is 0.799. The number of benzene rings is 1. The highest BCUT2D eigenvalue weighted by molar-refractivity contribution is 6.17. The third kappa shape index (κ3) is 2.72. The second-order valence-electron chi connectivity index (χ2n) is 6.10. The fourth-order valence-electron chi connectivity index (χ4n) is 3.31. The Morgan fingerprint density at radius 2 is 2.16 bits per heavy atom. The van der Waals surface area contributed by atoms with Crippen molar-refractivity contribution >= 4 is 17.5 Å². The molecule has 0 unspecified atom stereocenters. The van der Waals surface area contributed by atoms with E-state index >= 15 is 0 Å². The van der Waals surface area contributed by atoms with E-state index in [9.17, 15) is 9.59 Å². The summed E-state index contributed by atoms with van der Waals surface area (Å²) in [6.07, 6.45) is 5.25. The zero-order valence-electron chi connectivity index (χ0n) is 13.6. The number of aryl methyl sites for hydroxylation is 1. The van der Waals surface area contributed by atoms with Gasteiger partial charge in [-0.05, 0) is 18.6 Å². The summed E-state index contributed by atoms with van der Waals surface area (Å²) < 4.78 is 2.21. The first-order valence-electron chi connectivity index (χ1n) is 8.27. The molecule has 7 heteroatoms. The molecule has 2 aliphatic heterocycles. The smallest absolute Gasteiger partial charge is 0.277 e. The Kier molecular flexibility index (Phi) is 3.85. The van der Waals surface area contributed by atoms with Gasteiger partial charge in [0, 0.05) is 30.3 Å². The SMILES string of the molecule is O=C1C=C(Nc2cccc(-c3cnc4n3CCC4)c2)C(=O)N1CCO. The van der Waals surface area contributed by atoms with Crippen LogP contribution in [0.3, 0.4) is 0 Å². The highest BCUT2D eigenvalue weighted by atomic mass is 16.3. The van der Waals surface area contributed by atoms with Gasteiger partial charge in [0.2, 0.25) is 0 Å². The van der Waals surface area contributed by atoms with Crippen LogP contribution in [-0.2, 0) is 22.6 Å². The standard InChI is InChI=1S/C18H18N4O3/c23-8-7-22-17(24)10-14(18(22)25)20-13-4-1-3-12(9-13)15-11-19-16-5-2-6-21(15)16/h1,3-4,9-11,20,23H,2,5-8H2. The lowest BCUT2D eigenvalue weighted by Crippen LogP contribution is -2.34. The summed E-state index contributed by atoms with van der Waals surface area (Å²) in [5.74, 6) is 0.272. The summed E-state index contributed by atoms with van der Waals surface area (Å²) in [6.45, 7) is 0.721. The number of fused-ring (bicyclic) bond motifs is 1. The van der Waals surface area contributed by atoms with E-state index in [4.69, 9.17) is 5.11 Å². The number of aromatic nitrogens is 2. The normalized spacial score (nSPS) is 16.4. The molecule has 1 aromatic heterocycles. The predicted octanol–water partition coefficient (Wildman–Crippen LogP) is 1.15. The van der Waals surface area contributed by atoms with Crippen molar-refractivity contribution in [2.75, 3.05) is 18.5 Å². The molecule has 4 rings (SSSR count). The number of carbonyl (C=O) groups is 2. The van der Waals surface area contributed by atoms with Crippen molar-refractivity contribution in [3.63, 3.8) is 0 Å². The number of imide groups is 1. The number of nitrogens with one attached hydrogen (secondary N) is 1. The first-order chi connectivity index (χ1) is 12.2. The number of carbonyl (C=O) groups excluding carboxylic acids is 2. The third-order valence-corrected chi connectivity index (χ3v) is 4.49. The summed E-state index contributed by atoms with van der Waals surface area (Å²) in [6, 6.07) is 7.69. The summed E-state index contributed by atoms with van der Waals surface area (Å²) in [4.78, 5) is 29.5. The van der Waals surface area contributed by atoms with Crippen LogP contribution in [0.4, 0.5) is 5.69 Å². The number of imidazole rings is 1. The van der Waals surface area contributed by atoms with Gasteiger partial charge in [-0.1, -0.05) is 12.1 Å². The molecule has 2 aliphatic rings. The number of anilines is 1. The maximum Gasteiger partial charge on any atom is 0.277 e. The number of hydrogen-bond donors (Lipinski definition) is 2. The van der Waals surface area contributed by atoms with Gasteiger partial charge in [-0.3, -0.25) is 14.5 Å². The van der Waals surface area contributed by atoms with Crippen LogP contribution in [0.5, 0.6) is 0 Å². The third-order valence-electron chi connectivity index (χ3n) is 4.49. The van der Waals surface area contributed by atoms with Gasteiger partial charge >= 0.3 is 0 Å². The molecular weight excluding hydrogens is 320 g/mol. The van der Waals surface area contributed by atoms with E-state index in [2.05, 4.69) is 14.9 Å². The molecule has 2 aromatic rings. The van der Waals surface area contributed by atoms with Crippen LogP contribution < -0.4 is 5.32 Å². The molecule has 0 saturated heterocycles. The Morgan fingerprint density at radius 3 is 3.00 bits per heavy atom. The molecule has 0 radical (unpaired) electrons. The number of hydrogen-bond acceptors (Lipinski definition) is 5. The Bertz CT molecular complexity index is 884. The molecule has 128 valence electrons. The van der Waals surface area contributed by atoms with Gasteiger partial charge in [-0.25, -0.2) is 4.98 Å². The average Bonchev–Trinajstić information content (AvgIpc) is 3.27. The molecule has 3 heterocycles. The number of β-amino-alcohol motifs (C(OH)–C–C–N with tert-alkyl or cyclic N) is 1. The maximum atomic E-state index is 12.2. The monoisotopic (exact) mass is 338 g/mol. The molecule has 2 N–H and O–H groups in total. The largest absolute Gasteiger partial charge is 0.395 e. The maximum absolute atomic E-state index is 12.2. The lowest BCUT2D eigenvalue weighted by molar-refractivity contribution is -0.137. The van der Waals surface area contributed by atoms with Crippen molar-refractivity contribution < 1.29 is 14.7 Å². The zero-order valence-corrected chi connectivity index (χ0v) is 13.6. The van der Waals surface area contributed by atoms with Crippen LogP contribution in [0.25, 0.3) is 11.3 Å². The van der Waals surface area contributed by atoms with Gasteiger partial charge in [0.1, 0.15) is 11.5 Å². The summed E-state index contributed by atoms with van der Waals surface area (Å²) in [5, 5.41) is 12.0. The minimum Gasteiger partial charge on any atom is -0.395 e. The minimum absolute atomic E-state index is 0.00134. The number of aliphatic hydroxyl groups excluding tert-OH is 1. The van der Waals surface area contributed by atoms with E-state index in [1.807, 2.05) is 30.5 Å². The first kappa shape index (κ1) is 15.6. The molecule has 7 nitrogen and oxygen atoms in total. The summed E-state index contributed by atoms with van der Waals surface area (Å²) in [7, 11) is 0. The van der Waals surface area contributed by atoms with Crippen molar-refractivity contribution in [3.05, 3.63) is 48.1 Å². The number of aliphatic hydroxyl groups is 1. The molecule has 0 bridgehead atoms. The fourth-order valence-corrected chi connectivity index (χ4v) is 3.31. The highest BCUT2D eigenvalue weighted by Crippen LogP contribution is 2.28. The molecule has 0 saturated carbocycles. The summed E-state index contributed by atoms with van der Waals surface area (Å²) in [5.41, 5.74) is 3.01. The fraction of sp³-hybridized carbons (Fsp3) is 0.278. The average molecular weight is 338 g/mol. The Labute approximate surface area is 144 Å². The van der Waals surface area contributed by atoms with E-state index in [1.54, 1.807) is 0 Å². The lowest BCUT2D eigenvalue weighted by atomic mass is 10.1. The Hall–Kier alpha value is -2.93. The van der Waals surface area contributed by atoms with Crippen LogP contribution in [0, 0.1) is 0 Å². The molecule has 0 fully saturated rings. The van der Waals surface area contributed by atoms with Crippen LogP contribution in [0.1, 0.15) is 12.2 Å². The molecule has 0 atom stereocenters. The van der Waals surface area contributed by atoms with Crippen molar-refractivity contribution in [3.8, 4) is 11.3 Å². The van der Waals surface area contributed by atoms with E-state index in [0.29, 0.717) is 0 Å².